The van der Waals surface area contributed by atoms with Crippen LogP contribution in [0.5, 0.6) is 0 Å². The molecule has 118 valence electrons. The zero-order chi connectivity index (χ0) is 14.4. The Labute approximate surface area is 134 Å². The van der Waals surface area contributed by atoms with E-state index in [9.17, 15) is 4.79 Å². The maximum absolute atomic E-state index is 12.5. The van der Waals surface area contributed by atoms with Crippen LogP contribution in [0.15, 0.2) is 30.3 Å². The summed E-state index contributed by atoms with van der Waals surface area (Å²) in [5, 5.41) is 0. The predicted octanol–water partition coefficient (Wildman–Crippen LogP) is 3.42. The van der Waals surface area contributed by atoms with Crippen LogP contribution >= 0.6 is 12.4 Å². The summed E-state index contributed by atoms with van der Waals surface area (Å²) in [5.41, 5.74) is 0.740. The molecule has 0 heterocycles. The van der Waals surface area contributed by atoms with Crippen LogP contribution in [0.4, 0.5) is 0 Å². The maximum Gasteiger partial charge on any atom is 0.316 e. The van der Waals surface area contributed by atoms with Crippen molar-refractivity contribution in [3.8, 4) is 0 Å². The molecule has 1 fully saturated rings. The lowest BCUT2D eigenvalue weighted by Gasteiger charge is -2.39. The molecule has 0 aliphatic heterocycles. The van der Waals surface area contributed by atoms with Crippen LogP contribution in [0.2, 0.25) is 0 Å². The number of halogens is 1. The molecule has 0 saturated heterocycles. The standard InChI is InChI=1S/C17H25NO2.ClH/c1-3-18(4-2)13-14-20-16(19)17(11-8-12-17)15-9-6-5-7-10-15;/h5-7,9-10H,3-4,8,11-14H2,1-2H3;1H. The largest absolute Gasteiger partial charge is 0.464 e. The van der Waals surface area contributed by atoms with Crippen molar-refractivity contribution >= 4 is 18.4 Å². The second kappa shape index (κ2) is 8.40. The summed E-state index contributed by atoms with van der Waals surface area (Å²) in [4.78, 5) is 14.7. The highest BCUT2D eigenvalue weighted by atomic mass is 35.5. The van der Waals surface area contributed by atoms with Crippen molar-refractivity contribution in [1.29, 1.82) is 0 Å². The first-order valence-electron chi connectivity index (χ1n) is 7.68. The summed E-state index contributed by atoms with van der Waals surface area (Å²) in [6, 6.07) is 10.1. The molecule has 1 aliphatic rings. The predicted molar refractivity (Wildman–Crippen MR) is 88.0 cm³/mol. The van der Waals surface area contributed by atoms with E-state index in [1.807, 2.05) is 30.3 Å². The van der Waals surface area contributed by atoms with Crippen molar-refractivity contribution < 1.29 is 9.53 Å². The zero-order valence-corrected chi connectivity index (χ0v) is 13.8. The number of hydrogen-bond acceptors (Lipinski definition) is 3. The molecule has 0 spiro atoms. The minimum absolute atomic E-state index is 0. The fourth-order valence-corrected chi connectivity index (χ4v) is 2.84. The highest BCUT2D eigenvalue weighted by Crippen LogP contribution is 2.44. The van der Waals surface area contributed by atoms with Crippen LogP contribution in [-0.4, -0.2) is 37.1 Å². The van der Waals surface area contributed by atoms with Crippen LogP contribution in [0.25, 0.3) is 0 Å². The summed E-state index contributed by atoms with van der Waals surface area (Å²) < 4.78 is 5.56. The lowest BCUT2D eigenvalue weighted by Crippen LogP contribution is -2.44. The van der Waals surface area contributed by atoms with E-state index in [-0.39, 0.29) is 23.8 Å². The van der Waals surface area contributed by atoms with Gasteiger partial charge in [0.15, 0.2) is 0 Å². The highest BCUT2D eigenvalue weighted by Gasteiger charge is 2.46. The summed E-state index contributed by atoms with van der Waals surface area (Å²) in [7, 11) is 0. The first-order chi connectivity index (χ1) is 9.73. The molecule has 0 radical (unpaired) electrons. The van der Waals surface area contributed by atoms with Gasteiger partial charge in [0.1, 0.15) is 6.61 Å². The molecule has 0 N–H and O–H groups in total. The van der Waals surface area contributed by atoms with Gasteiger partial charge in [-0.1, -0.05) is 50.6 Å². The van der Waals surface area contributed by atoms with Gasteiger partial charge in [0.2, 0.25) is 0 Å². The van der Waals surface area contributed by atoms with E-state index in [2.05, 4.69) is 18.7 Å². The van der Waals surface area contributed by atoms with Gasteiger partial charge in [0.05, 0.1) is 5.41 Å². The maximum atomic E-state index is 12.5. The van der Waals surface area contributed by atoms with Crippen LogP contribution in [-0.2, 0) is 14.9 Å². The van der Waals surface area contributed by atoms with E-state index in [1.54, 1.807) is 0 Å². The Bertz CT molecular complexity index is 428. The van der Waals surface area contributed by atoms with E-state index in [0.717, 1.165) is 44.5 Å². The van der Waals surface area contributed by atoms with Gasteiger partial charge in [-0.3, -0.25) is 4.79 Å². The number of carbonyl (C=O) groups is 1. The number of rotatable bonds is 7. The van der Waals surface area contributed by atoms with Crippen LogP contribution in [0.1, 0.15) is 38.7 Å². The molecule has 0 amide bonds. The number of carbonyl (C=O) groups excluding carboxylic acids is 1. The van der Waals surface area contributed by atoms with Gasteiger partial charge in [-0.25, -0.2) is 0 Å². The smallest absolute Gasteiger partial charge is 0.316 e. The Balaban J connectivity index is 0.00000220. The number of benzene rings is 1. The minimum atomic E-state index is -0.371. The third-order valence-electron chi connectivity index (χ3n) is 4.46. The molecule has 1 aliphatic carbocycles. The average molecular weight is 312 g/mol. The van der Waals surface area contributed by atoms with E-state index >= 15 is 0 Å². The number of hydrogen-bond donors (Lipinski definition) is 0. The third-order valence-corrected chi connectivity index (χ3v) is 4.46. The SMILES string of the molecule is CCN(CC)CCOC(=O)C1(c2ccccc2)CCC1.Cl. The molecule has 4 heteroatoms. The van der Waals surface area contributed by atoms with E-state index < -0.39 is 0 Å². The lowest BCUT2D eigenvalue weighted by atomic mass is 9.64. The minimum Gasteiger partial charge on any atom is -0.464 e. The van der Waals surface area contributed by atoms with Gasteiger partial charge in [0.25, 0.3) is 0 Å². The molecular weight excluding hydrogens is 286 g/mol. The molecule has 0 bridgehead atoms. The molecule has 0 aromatic heterocycles. The Hall–Kier alpha value is -1.06. The topological polar surface area (TPSA) is 29.5 Å². The van der Waals surface area contributed by atoms with Crippen molar-refractivity contribution in [2.45, 2.75) is 38.5 Å². The third kappa shape index (κ3) is 3.98. The monoisotopic (exact) mass is 311 g/mol. The molecule has 3 nitrogen and oxygen atoms in total. The Morgan fingerprint density at radius 1 is 1.19 bits per heavy atom. The van der Waals surface area contributed by atoms with Crippen molar-refractivity contribution in [3.05, 3.63) is 35.9 Å². The fourth-order valence-electron chi connectivity index (χ4n) is 2.84. The first kappa shape index (κ1) is 18.0. The second-order valence-electron chi connectivity index (χ2n) is 5.46. The van der Waals surface area contributed by atoms with Crippen molar-refractivity contribution in [2.24, 2.45) is 0 Å². The number of esters is 1. The molecular formula is C17H26ClNO2. The molecule has 0 unspecified atom stereocenters. The van der Waals surface area contributed by atoms with Gasteiger partial charge < -0.3 is 9.64 Å². The van der Waals surface area contributed by atoms with E-state index in [1.165, 1.54) is 0 Å². The summed E-state index contributed by atoms with van der Waals surface area (Å²) >= 11 is 0. The summed E-state index contributed by atoms with van der Waals surface area (Å²) in [6.45, 7) is 7.57. The number of nitrogens with zero attached hydrogens (tertiary/aromatic N) is 1. The van der Waals surface area contributed by atoms with Crippen molar-refractivity contribution in [3.63, 3.8) is 0 Å². The van der Waals surface area contributed by atoms with Crippen molar-refractivity contribution in [2.75, 3.05) is 26.2 Å². The van der Waals surface area contributed by atoms with E-state index in [4.69, 9.17) is 4.74 Å². The zero-order valence-electron chi connectivity index (χ0n) is 13.0. The van der Waals surface area contributed by atoms with Gasteiger partial charge in [-0.2, -0.15) is 0 Å². The Morgan fingerprint density at radius 2 is 1.81 bits per heavy atom. The lowest BCUT2D eigenvalue weighted by molar-refractivity contribution is -0.154. The van der Waals surface area contributed by atoms with Gasteiger partial charge in [-0.15, -0.1) is 12.4 Å². The second-order valence-corrected chi connectivity index (χ2v) is 5.46. The Kier molecular flexibility index (Phi) is 7.20. The molecule has 21 heavy (non-hydrogen) atoms. The highest BCUT2D eigenvalue weighted by molar-refractivity contribution is 5.85. The Morgan fingerprint density at radius 3 is 2.29 bits per heavy atom. The molecule has 1 aromatic rings. The molecule has 2 rings (SSSR count). The van der Waals surface area contributed by atoms with Crippen LogP contribution in [0.3, 0.4) is 0 Å². The average Bonchev–Trinajstić information content (AvgIpc) is 2.44. The normalized spacial score (nSPS) is 16.0. The van der Waals surface area contributed by atoms with Gasteiger partial charge in [0, 0.05) is 6.54 Å². The quantitative estimate of drug-likeness (QED) is 0.723. The van der Waals surface area contributed by atoms with Crippen molar-refractivity contribution in [1.82, 2.24) is 4.90 Å². The molecule has 1 saturated carbocycles. The molecule has 1 aromatic carbocycles. The number of likely N-dealkylation sites (N-methyl/N-ethyl adjacent to an activating group) is 1. The fraction of sp³-hybridized carbons (Fsp3) is 0.588. The number of ether oxygens (including phenoxy) is 1. The van der Waals surface area contributed by atoms with Crippen LogP contribution < -0.4 is 0 Å². The summed E-state index contributed by atoms with van der Waals surface area (Å²) in [5.74, 6) is -0.0397. The van der Waals surface area contributed by atoms with Crippen LogP contribution in [0, 0.1) is 0 Å². The molecule has 0 atom stereocenters. The first-order valence-corrected chi connectivity index (χ1v) is 7.68. The van der Waals surface area contributed by atoms with Gasteiger partial charge >= 0.3 is 5.97 Å². The van der Waals surface area contributed by atoms with Gasteiger partial charge in [-0.05, 0) is 31.5 Å². The van der Waals surface area contributed by atoms with E-state index in [0.29, 0.717) is 6.61 Å². The summed E-state index contributed by atoms with van der Waals surface area (Å²) in [6.07, 6.45) is 2.95.